The standard InChI is InChI=1S/C22H27N7O/c1-23-22(25-15-17-8-11-24-21(14-17)29-12-5-10-26-29)27-18-9-13-28(16-18)19-6-3-4-7-20(19)30-2/h3-8,10-12,14,18H,9,13,15-16H2,1-2H3,(H2,23,25,27). The Morgan fingerprint density at radius 1 is 1.23 bits per heavy atom. The van der Waals surface area contributed by atoms with Gasteiger partial charge in [0, 0.05) is 51.3 Å². The van der Waals surface area contributed by atoms with Crippen molar-refractivity contribution in [2.45, 2.75) is 19.0 Å². The molecule has 1 atom stereocenters. The van der Waals surface area contributed by atoms with Gasteiger partial charge in [-0.05, 0) is 42.3 Å². The molecule has 1 aliphatic heterocycles. The van der Waals surface area contributed by atoms with Gasteiger partial charge in [0.25, 0.3) is 0 Å². The summed E-state index contributed by atoms with van der Waals surface area (Å²) in [5.41, 5.74) is 2.25. The molecule has 0 spiro atoms. The second-order valence-corrected chi connectivity index (χ2v) is 7.15. The zero-order chi connectivity index (χ0) is 20.8. The lowest BCUT2D eigenvalue weighted by Gasteiger charge is -2.22. The van der Waals surface area contributed by atoms with Crippen LogP contribution >= 0.6 is 0 Å². The second kappa shape index (κ2) is 9.30. The summed E-state index contributed by atoms with van der Waals surface area (Å²) in [4.78, 5) is 11.1. The Morgan fingerprint density at radius 2 is 2.13 bits per heavy atom. The van der Waals surface area contributed by atoms with Crippen LogP contribution in [0, 0.1) is 0 Å². The fraction of sp³-hybridized carbons (Fsp3) is 0.318. The minimum atomic E-state index is 0.318. The maximum atomic E-state index is 5.51. The molecule has 1 saturated heterocycles. The fourth-order valence-electron chi connectivity index (χ4n) is 3.66. The van der Waals surface area contributed by atoms with Crippen LogP contribution in [0.2, 0.25) is 0 Å². The lowest BCUT2D eigenvalue weighted by molar-refractivity contribution is 0.415. The number of pyridine rings is 1. The first-order valence-corrected chi connectivity index (χ1v) is 10.1. The number of anilines is 1. The van der Waals surface area contributed by atoms with Gasteiger partial charge in [0.15, 0.2) is 11.8 Å². The molecule has 0 aliphatic carbocycles. The normalized spacial score (nSPS) is 16.5. The molecule has 2 N–H and O–H groups in total. The van der Waals surface area contributed by atoms with Gasteiger partial charge in [-0.1, -0.05) is 12.1 Å². The third kappa shape index (κ3) is 4.53. The number of hydrogen-bond donors (Lipinski definition) is 2. The van der Waals surface area contributed by atoms with Crippen molar-refractivity contribution in [1.82, 2.24) is 25.4 Å². The summed E-state index contributed by atoms with van der Waals surface area (Å²) in [7, 11) is 3.51. The highest BCUT2D eigenvalue weighted by Crippen LogP contribution is 2.30. The highest BCUT2D eigenvalue weighted by Gasteiger charge is 2.25. The van der Waals surface area contributed by atoms with Crippen molar-refractivity contribution in [3.63, 3.8) is 0 Å². The molecule has 8 nitrogen and oxygen atoms in total. The van der Waals surface area contributed by atoms with Crippen molar-refractivity contribution in [3.05, 3.63) is 66.6 Å². The van der Waals surface area contributed by atoms with E-state index in [4.69, 9.17) is 4.74 Å². The van der Waals surface area contributed by atoms with Gasteiger partial charge in [0.2, 0.25) is 0 Å². The number of nitrogens with one attached hydrogen (secondary N) is 2. The minimum Gasteiger partial charge on any atom is -0.495 e. The van der Waals surface area contributed by atoms with Crippen LogP contribution in [0.4, 0.5) is 5.69 Å². The van der Waals surface area contributed by atoms with Crippen molar-refractivity contribution in [2.24, 2.45) is 4.99 Å². The van der Waals surface area contributed by atoms with E-state index in [1.165, 1.54) is 0 Å². The van der Waals surface area contributed by atoms with Crippen LogP contribution < -0.4 is 20.3 Å². The summed E-state index contributed by atoms with van der Waals surface area (Å²) in [6.45, 7) is 2.53. The number of methoxy groups -OCH3 is 1. The van der Waals surface area contributed by atoms with E-state index in [1.807, 2.05) is 42.6 Å². The van der Waals surface area contributed by atoms with E-state index in [2.05, 4.69) is 36.7 Å². The van der Waals surface area contributed by atoms with Crippen LogP contribution in [0.25, 0.3) is 5.82 Å². The molecule has 0 saturated carbocycles. The van der Waals surface area contributed by atoms with Crippen molar-refractivity contribution in [1.29, 1.82) is 0 Å². The average Bonchev–Trinajstić information content (AvgIpc) is 3.49. The second-order valence-electron chi connectivity index (χ2n) is 7.15. The van der Waals surface area contributed by atoms with E-state index in [0.717, 1.165) is 48.3 Å². The third-order valence-electron chi connectivity index (χ3n) is 5.19. The Hall–Kier alpha value is -3.55. The molecule has 1 aliphatic rings. The van der Waals surface area contributed by atoms with E-state index in [1.54, 1.807) is 31.2 Å². The molecule has 1 unspecified atom stereocenters. The van der Waals surface area contributed by atoms with Gasteiger partial charge in [0.1, 0.15) is 5.75 Å². The summed E-state index contributed by atoms with van der Waals surface area (Å²) in [6, 6.07) is 14.4. The first kappa shape index (κ1) is 19.8. The average molecular weight is 406 g/mol. The minimum absolute atomic E-state index is 0.318. The maximum absolute atomic E-state index is 5.51. The quantitative estimate of drug-likeness (QED) is 0.484. The molecule has 3 heterocycles. The molecule has 156 valence electrons. The first-order chi connectivity index (χ1) is 14.8. The van der Waals surface area contributed by atoms with Crippen LogP contribution in [0.5, 0.6) is 5.75 Å². The summed E-state index contributed by atoms with van der Waals surface area (Å²) in [5, 5.41) is 11.2. The number of hydrogen-bond acceptors (Lipinski definition) is 5. The lowest BCUT2D eigenvalue weighted by Crippen LogP contribution is -2.44. The number of para-hydroxylation sites is 2. The smallest absolute Gasteiger partial charge is 0.191 e. The molecule has 1 aromatic carbocycles. The molecule has 0 radical (unpaired) electrons. The molecule has 0 amide bonds. The Labute approximate surface area is 176 Å². The molecule has 2 aromatic heterocycles. The third-order valence-corrected chi connectivity index (χ3v) is 5.19. The fourth-order valence-corrected chi connectivity index (χ4v) is 3.66. The Morgan fingerprint density at radius 3 is 2.93 bits per heavy atom. The molecule has 30 heavy (non-hydrogen) atoms. The Balaban J connectivity index is 1.33. The van der Waals surface area contributed by atoms with Crippen LogP contribution in [-0.4, -0.2) is 54.0 Å². The zero-order valence-corrected chi connectivity index (χ0v) is 17.3. The summed E-state index contributed by atoms with van der Waals surface area (Å²) >= 11 is 0. The molecule has 1 fully saturated rings. The Bertz CT molecular complexity index is 987. The van der Waals surface area contributed by atoms with Crippen molar-refractivity contribution in [3.8, 4) is 11.6 Å². The van der Waals surface area contributed by atoms with Crippen LogP contribution in [-0.2, 0) is 6.54 Å². The number of aliphatic imine (C=N–C) groups is 1. The molecule has 4 rings (SSSR count). The molecular weight excluding hydrogens is 378 g/mol. The first-order valence-electron chi connectivity index (χ1n) is 10.1. The zero-order valence-electron chi connectivity index (χ0n) is 17.3. The predicted molar refractivity (Wildman–Crippen MR) is 118 cm³/mol. The molecule has 0 bridgehead atoms. The SMILES string of the molecule is CN=C(NCc1ccnc(-n2cccn2)c1)NC1CCN(c2ccccc2OC)C1. The monoisotopic (exact) mass is 405 g/mol. The highest BCUT2D eigenvalue weighted by atomic mass is 16.5. The molecule has 8 heteroatoms. The number of nitrogens with zero attached hydrogens (tertiary/aromatic N) is 5. The highest BCUT2D eigenvalue weighted by molar-refractivity contribution is 5.80. The molecule has 3 aromatic rings. The summed E-state index contributed by atoms with van der Waals surface area (Å²) < 4.78 is 7.26. The van der Waals surface area contributed by atoms with Crippen LogP contribution in [0.15, 0.2) is 66.0 Å². The van der Waals surface area contributed by atoms with Gasteiger partial charge in [-0.15, -0.1) is 0 Å². The number of benzene rings is 1. The van der Waals surface area contributed by atoms with Crippen LogP contribution in [0.3, 0.4) is 0 Å². The van der Waals surface area contributed by atoms with Crippen molar-refractivity contribution < 1.29 is 4.74 Å². The van der Waals surface area contributed by atoms with Gasteiger partial charge in [-0.25, -0.2) is 9.67 Å². The van der Waals surface area contributed by atoms with Gasteiger partial charge in [-0.3, -0.25) is 4.99 Å². The lowest BCUT2D eigenvalue weighted by atomic mass is 10.2. The largest absolute Gasteiger partial charge is 0.495 e. The topological polar surface area (TPSA) is 79.6 Å². The summed E-state index contributed by atoms with van der Waals surface area (Å²) in [6.07, 6.45) is 6.46. The van der Waals surface area contributed by atoms with E-state index < -0.39 is 0 Å². The summed E-state index contributed by atoms with van der Waals surface area (Å²) in [5.74, 6) is 2.50. The van der Waals surface area contributed by atoms with Gasteiger partial charge < -0.3 is 20.3 Å². The van der Waals surface area contributed by atoms with Gasteiger partial charge in [-0.2, -0.15) is 5.10 Å². The molecular formula is C22H27N7O. The van der Waals surface area contributed by atoms with E-state index in [9.17, 15) is 0 Å². The van der Waals surface area contributed by atoms with E-state index >= 15 is 0 Å². The van der Waals surface area contributed by atoms with Crippen molar-refractivity contribution in [2.75, 3.05) is 32.1 Å². The number of rotatable bonds is 6. The Kier molecular flexibility index (Phi) is 6.12. The van der Waals surface area contributed by atoms with E-state index in [0.29, 0.717) is 12.6 Å². The van der Waals surface area contributed by atoms with Crippen LogP contribution in [0.1, 0.15) is 12.0 Å². The van der Waals surface area contributed by atoms with E-state index in [-0.39, 0.29) is 0 Å². The number of guanidine groups is 1. The van der Waals surface area contributed by atoms with Gasteiger partial charge >= 0.3 is 0 Å². The van der Waals surface area contributed by atoms with Gasteiger partial charge in [0.05, 0.1) is 12.8 Å². The maximum Gasteiger partial charge on any atom is 0.191 e. The number of ether oxygens (including phenoxy) is 1. The number of aromatic nitrogens is 3. The van der Waals surface area contributed by atoms with Crippen molar-refractivity contribution >= 4 is 11.6 Å². The predicted octanol–water partition coefficient (Wildman–Crippen LogP) is 2.22.